The van der Waals surface area contributed by atoms with Crippen molar-refractivity contribution in [1.29, 1.82) is 0 Å². The highest BCUT2D eigenvalue weighted by Gasteiger charge is 1.95. The zero-order valence-corrected chi connectivity index (χ0v) is 20.7. The van der Waals surface area contributed by atoms with E-state index in [1.807, 2.05) is 0 Å². The molecule has 0 aromatic carbocycles. The van der Waals surface area contributed by atoms with Crippen LogP contribution in [0.1, 0.15) is 84.5 Å². The van der Waals surface area contributed by atoms with Crippen molar-refractivity contribution in [3.05, 3.63) is 0 Å². The average molecular weight is 449 g/mol. The molecule has 0 aromatic rings. The standard InChI is InChI=1S/C25H52O6/c1-3-5-7-8-9-10-11-13-15-27-17-19-29-21-23-31-25-24-30-22-20-28-18-16-26-14-12-6-4-2/h3-25H2,1-2H3. The predicted octanol–water partition coefficient (Wildman–Crippen LogP) is 5.42. The summed E-state index contributed by atoms with van der Waals surface area (Å²) in [6.45, 7) is 12.3. The van der Waals surface area contributed by atoms with Crippen molar-refractivity contribution in [2.24, 2.45) is 0 Å². The Labute approximate surface area is 192 Å². The molecule has 0 aliphatic carbocycles. The quantitative estimate of drug-likeness (QED) is 0.149. The molecule has 188 valence electrons. The van der Waals surface area contributed by atoms with Crippen molar-refractivity contribution in [2.45, 2.75) is 84.5 Å². The number of rotatable bonds is 28. The molecule has 0 N–H and O–H groups in total. The second-order valence-corrected chi connectivity index (χ2v) is 7.86. The molecular formula is C25H52O6. The Morgan fingerprint density at radius 3 is 0.839 bits per heavy atom. The van der Waals surface area contributed by atoms with Crippen molar-refractivity contribution >= 4 is 0 Å². The minimum atomic E-state index is 0.582. The Morgan fingerprint density at radius 1 is 0.258 bits per heavy atom. The van der Waals surface area contributed by atoms with Gasteiger partial charge in [-0.2, -0.15) is 0 Å². The molecule has 0 fully saturated rings. The molecule has 0 heterocycles. The van der Waals surface area contributed by atoms with Crippen LogP contribution in [0.25, 0.3) is 0 Å². The van der Waals surface area contributed by atoms with E-state index in [9.17, 15) is 0 Å². The lowest BCUT2D eigenvalue weighted by molar-refractivity contribution is -0.0169. The highest BCUT2D eigenvalue weighted by atomic mass is 16.6. The Bertz CT molecular complexity index is 276. The third-order valence-corrected chi connectivity index (χ3v) is 4.89. The molecule has 0 rings (SSSR count). The van der Waals surface area contributed by atoms with Crippen molar-refractivity contribution in [2.75, 3.05) is 79.3 Å². The summed E-state index contributed by atoms with van der Waals surface area (Å²) in [5.74, 6) is 0. The van der Waals surface area contributed by atoms with Gasteiger partial charge in [-0.3, -0.25) is 0 Å². The number of hydrogen-bond donors (Lipinski definition) is 0. The molecule has 0 saturated heterocycles. The molecule has 0 aliphatic rings. The smallest absolute Gasteiger partial charge is 0.0701 e. The fourth-order valence-electron chi connectivity index (χ4n) is 2.99. The SMILES string of the molecule is CCCCCCCCCCOCCOCCOCCOCCOCCOCCCCC. The maximum Gasteiger partial charge on any atom is 0.0701 e. The minimum absolute atomic E-state index is 0.582. The van der Waals surface area contributed by atoms with Crippen LogP contribution in [-0.4, -0.2) is 79.3 Å². The first-order valence-corrected chi connectivity index (χ1v) is 12.9. The van der Waals surface area contributed by atoms with E-state index in [-0.39, 0.29) is 0 Å². The van der Waals surface area contributed by atoms with E-state index >= 15 is 0 Å². The summed E-state index contributed by atoms with van der Waals surface area (Å²) in [4.78, 5) is 0. The summed E-state index contributed by atoms with van der Waals surface area (Å²) in [7, 11) is 0. The van der Waals surface area contributed by atoms with Crippen LogP contribution in [0, 0.1) is 0 Å². The number of ether oxygens (including phenoxy) is 6. The third kappa shape index (κ3) is 29.8. The van der Waals surface area contributed by atoms with E-state index in [0.29, 0.717) is 66.1 Å². The van der Waals surface area contributed by atoms with Crippen LogP contribution in [0.3, 0.4) is 0 Å². The van der Waals surface area contributed by atoms with Crippen molar-refractivity contribution in [3.8, 4) is 0 Å². The van der Waals surface area contributed by atoms with Crippen LogP contribution < -0.4 is 0 Å². The van der Waals surface area contributed by atoms with Crippen LogP contribution in [0.2, 0.25) is 0 Å². The summed E-state index contributed by atoms with van der Waals surface area (Å²) < 4.78 is 33.0. The Hall–Kier alpha value is -0.240. The molecule has 0 saturated carbocycles. The second-order valence-electron chi connectivity index (χ2n) is 7.86. The summed E-state index contributed by atoms with van der Waals surface area (Å²) in [6, 6.07) is 0. The first-order chi connectivity index (χ1) is 15.4. The maximum absolute atomic E-state index is 5.60. The van der Waals surface area contributed by atoms with E-state index in [1.54, 1.807) is 0 Å². The molecule has 6 heteroatoms. The Morgan fingerprint density at radius 2 is 0.484 bits per heavy atom. The van der Waals surface area contributed by atoms with Crippen molar-refractivity contribution in [1.82, 2.24) is 0 Å². The molecule has 0 bridgehead atoms. The van der Waals surface area contributed by atoms with E-state index < -0.39 is 0 Å². The minimum Gasteiger partial charge on any atom is -0.379 e. The van der Waals surface area contributed by atoms with E-state index in [0.717, 1.165) is 26.1 Å². The predicted molar refractivity (Wildman–Crippen MR) is 127 cm³/mol. The molecular weight excluding hydrogens is 396 g/mol. The number of unbranched alkanes of at least 4 members (excludes halogenated alkanes) is 9. The van der Waals surface area contributed by atoms with Gasteiger partial charge in [0, 0.05) is 13.2 Å². The maximum atomic E-state index is 5.60. The monoisotopic (exact) mass is 448 g/mol. The fraction of sp³-hybridized carbons (Fsp3) is 1.00. The molecule has 6 nitrogen and oxygen atoms in total. The summed E-state index contributed by atoms with van der Waals surface area (Å²) in [5, 5.41) is 0. The largest absolute Gasteiger partial charge is 0.379 e. The molecule has 0 atom stereocenters. The van der Waals surface area contributed by atoms with Gasteiger partial charge >= 0.3 is 0 Å². The second kappa shape index (κ2) is 29.8. The summed E-state index contributed by atoms with van der Waals surface area (Å²) in [6.07, 6.45) is 14.2. The van der Waals surface area contributed by atoms with Gasteiger partial charge in [-0.1, -0.05) is 71.6 Å². The lowest BCUT2D eigenvalue weighted by Gasteiger charge is -2.08. The van der Waals surface area contributed by atoms with Gasteiger partial charge in [0.25, 0.3) is 0 Å². The van der Waals surface area contributed by atoms with Gasteiger partial charge in [0.1, 0.15) is 0 Å². The molecule has 31 heavy (non-hydrogen) atoms. The Kier molecular flexibility index (Phi) is 29.5. The van der Waals surface area contributed by atoms with Crippen LogP contribution in [0.15, 0.2) is 0 Å². The highest BCUT2D eigenvalue weighted by molar-refractivity contribution is 4.46. The van der Waals surface area contributed by atoms with Gasteiger partial charge in [0.2, 0.25) is 0 Å². The molecule has 0 aliphatic heterocycles. The van der Waals surface area contributed by atoms with Gasteiger partial charge in [0.15, 0.2) is 0 Å². The molecule has 0 spiro atoms. The lowest BCUT2D eigenvalue weighted by Crippen LogP contribution is -2.14. The third-order valence-electron chi connectivity index (χ3n) is 4.89. The van der Waals surface area contributed by atoms with Crippen LogP contribution >= 0.6 is 0 Å². The van der Waals surface area contributed by atoms with Gasteiger partial charge in [0.05, 0.1) is 66.1 Å². The zero-order chi connectivity index (χ0) is 22.5. The van der Waals surface area contributed by atoms with E-state index in [4.69, 9.17) is 28.4 Å². The fourth-order valence-corrected chi connectivity index (χ4v) is 2.99. The first-order valence-electron chi connectivity index (χ1n) is 12.9. The van der Waals surface area contributed by atoms with Crippen molar-refractivity contribution < 1.29 is 28.4 Å². The molecule has 0 amide bonds. The van der Waals surface area contributed by atoms with Gasteiger partial charge in [-0.25, -0.2) is 0 Å². The molecule has 0 unspecified atom stereocenters. The average Bonchev–Trinajstić information content (AvgIpc) is 2.78. The van der Waals surface area contributed by atoms with Gasteiger partial charge < -0.3 is 28.4 Å². The lowest BCUT2D eigenvalue weighted by atomic mass is 10.1. The van der Waals surface area contributed by atoms with E-state index in [1.165, 1.54) is 57.8 Å². The van der Waals surface area contributed by atoms with Crippen LogP contribution in [-0.2, 0) is 28.4 Å². The van der Waals surface area contributed by atoms with Crippen molar-refractivity contribution in [3.63, 3.8) is 0 Å². The summed E-state index contributed by atoms with van der Waals surface area (Å²) in [5.41, 5.74) is 0. The van der Waals surface area contributed by atoms with E-state index in [2.05, 4.69) is 13.8 Å². The topological polar surface area (TPSA) is 55.4 Å². The molecule has 0 radical (unpaired) electrons. The Balaban J connectivity index is 2.98. The van der Waals surface area contributed by atoms with Gasteiger partial charge in [-0.05, 0) is 12.8 Å². The van der Waals surface area contributed by atoms with Crippen LogP contribution in [0.4, 0.5) is 0 Å². The number of hydrogen-bond acceptors (Lipinski definition) is 6. The zero-order valence-electron chi connectivity index (χ0n) is 20.7. The molecule has 0 aromatic heterocycles. The normalized spacial score (nSPS) is 11.4. The summed E-state index contributed by atoms with van der Waals surface area (Å²) >= 11 is 0. The first kappa shape index (κ1) is 30.8. The van der Waals surface area contributed by atoms with Crippen LogP contribution in [0.5, 0.6) is 0 Å². The highest BCUT2D eigenvalue weighted by Crippen LogP contribution is 2.08. The van der Waals surface area contributed by atoms with Gasteiger partial charge in [-0.15, -0.1) is 0 Å².